The van der Waals surface area contributed by atoms with Crippen LogP contribution in [-0.4, -0.2) is 54.1 Å². The highest BCUT2D eigenvalue weighted by Gasteiger charge is 2.59. The van der Waals surface area contributed by atoms with Gasteiger partial charge in [-0.15, -0.1) is 0 Å². The lowest BCUT2D eigenvalue weighted by atomic mass is 10.0. The van der Waals surface area contributed by atoms with E-state index in [0.717, 1.165) is 12.1 Å². The number of amides is 2. The summed E-state index contributed by atoms with van der Waals surface area (Å²) in [6, 6.07) is 6.30. The third kappa shape index (κ3) is 8.19. The van der Waals surface area contributed by atoms with Crippen LogP contribution in [0.4, 0.5) is 32.0 Å². The number of halogens is 7. The van der Waals surface area contributed by atoms with Crippen LogP contribution in [0.15, 0.2) is 35.5 Å². The highest BCUT2D eigenvalue weighted by atomic mass is 127. The first kappa shape index (κ1) is 30.1. The number of rotatable bonds is 8. The van der Waals surface area contributed by atoms with E-state index in [2.05, 4.69) is 30.3 Å². The fraction of sp³-hybridized carbons (Fsp3) is 0.364. The molecule has 0 radical (unpaired) electrons. The van der Waals surface area contributed by atoms with Crippen LogP contribution in [0.5, 0.6) is 5.88 Å². The molecule has 15 heteroatoms. The van der Waals surface area contributed by atoms with Crippen LogP contribution in [0.1, 0.15) is 40.3 Å². The van der Waals surface area contributed by atoms with E-state index < -0.39 is 41.7 Å². The molecule has 0 saturated heterocycles. The molecule has 0 fully saturated rings. The van der Waals surface area contributed by atoms with Gasteiger partial charge in [-0.05, 0) is 61.6 Å². The molecule has 2 rings (SSSR count). The van der Waals surface area contributed by atoms with E-state index >= 15 is 0 Å². The predicted molar refractivity (Wildman–Crippen MR) is 130 cm³/mol. The first-order valence-electron chi connectivity index (χ1n) is 10.2. The quantitative estimate of drug-likeness (QED) is 0.177. The van der Waals surface area contributed by atoms with Gasteiger partial charge in [0.1, 0.15) is 7.11 Å². The minimum atomic E-state index is -5.72. The molecule has 2 amide bonds. The third-order valence-electron chi connectivity index (χ3n) is 4.54. The summed E-state index contributed by atoms with van der Waals surface area (Å²) in [5.74, 6) is -2.31. The van der Waals surface area contributed by atoms with Gasteiger partial charge in [0, 0.05) is 9.64 Å². The summed E-state index contributed by atoms with van der Waals surface area (Å²) < 4.78 is 81.1. The molecule has 1 aromatic carbocycles. The molecule has 37 heavy (non-hydrogen) atoms. The van der Waals surface area contributed by atoms with Gasteiger partial charge in [0.05, 0.1) is 34.3 Å². The number of benzene rings is 1. The molecule has 0 atom stereocenters. The number of aryl methyl sites for hydroxylation is 1. The maximum Gasteiger partial charge on any atom is 0.434 e. The molecule has 0 spiro atoms. The Labute approximate surface area is 220 Å². The Bertz CT molecular complexity index is 1170. The summed E-state index contributed by atoms with van der Waals surface area (Å²) in [4.78, 5) is 34.2. The first-order valence-corrected chi connectivity index (χ1v) is 11.3. The second-order valence-corrected chi connectivity index (χ2v) is 9.24. The Hall–Kier alpha value is -3.11. The number of nitrogens with zero attached hydrogens (tertiary/aromatic N) is 2. The van der Waals surface area contributed by atoms with Crippen LogP contribution in [-0.2, 0) is 4.84 Å². The largest absolute Gasteiger partial charge is 0.455 e. The minimum absolute atomic E-state index is 0.0225. The van der Waals surface area contributed by atoms with Gasteiger partial charge in [0.15, 0.2) is 0 Å². The highest BCUT2D eigenvalue weighted by molar-refractivity contribution is 14.1. The Balaban J connectivity index is 2.30. The van der Waals surface area contributed by atoms with Gasteiger partial charge >= 0.3 is 12.4 Å². The maximum absolute atomic E-state index is 13.0. The van der Waals surface area contributed by atoms with Crippen LogP contribution in [0.25, 0.3) is 0 Å². The van der Waals surface area contributed by atoms with Crippen molar-refractivity contribution in [3.8, 4) is 5.88 Å². The van der Waals surface area contributed by atoms with E-state index in [1.54, 1.807) is 19.9 Å². The number of alkyl halides is 6. The lowest BCUT2D eigenvalue weighted by Gasteiger charge is -2.23. The number of carbonyl (C=O) groups is 2. The van der Waals surface area contributed by atoms with Crippen molar-refractivity contribution < 1.29 is 45.5 Å². The molecule has 202 valence electrons. The molecule has 1 heterocycles. The van der Waals surface area contributed by atoms with Crippen molar-refractivity contribution in [3.05, 3.63) is 50.7 Å². The van der Waals surface area contributed by atoms with Gasteiger partial charge in [0.25, 0.3) is 17.9 Å². The van der Waals surface area contributed by atoms with Gasteiger partial charge in [-0.2, -0.15) is 26.3 Å². The standard InChI is InChI=1S/C22H21F6IN4O4/c1-11-14(8-9-15(31-11)37-19(21(23,24)25)22(26,27)28)32-17(34)12-6-5-7-13(29)16(12)18(35)33-20(2,3)10-30-36-4/h5-10,19H,1-4H3,(H,32,34)(H,33,35). The zero-order chi connectivity index (χ0) is 28.2. The summed E-state index contributed by atoms with van der Waals surface area (Å²) in [7, 11) is 1.33. The summed E-state index contributed by atoms with van der Waals surface area (Å²) in [6.45, 7) is 4.53. The normalized spacial score (nSPS) is 12.5. The Morgan fingerprint density at radius 2 is 1.68 bits per heavy atom. The molecule has 0 bridgehead atoms. The fourth-order valence-corrected chi connectivity index (χ4v) is 3.62. The number of nitrogens with one attached hydrogen (secondary N) is 2. The Kier molecular flexibility index (Phi) is 9.37. The van der Waals surface area contributed by atoms with Crippen LogP contribution in [0.2, 0.25) is 0 Å². The van der Waals surface area contributed by atoms with Crippen LogP contribution in [0, 0.1) is 10.5 Å². The smallest absolute Gasteiger partial charge is 0.434 e. The topological polar surface area (TPSA) is 102 Å². The van der Waals surface area contributed by atoms with Crippen LogP contribution >= 0.6 is 22.6 Å². The van der Waals surface area contributed by atoms with E-state index in [4.69, 9.17) is 0 Å². The number of hydrogen-bond acceptors (Lipinski definition) is 6. The Morgan fingerprint density at radius 3 is 2.22 bits per heavy atom. The highest BCUT2D eigenvalue weighted by Crippen LogP contribution is 2.36. The number of aromatic nitrogens is 1. The molecular weight excluding hydrogens is 625 g/mol. The van der Waals surface area contributed by atoms with E-state index in [0.29, 0.717) is 3.57 Å². The van der Waals surface area contributed by atoms with Gasteiger partial charge < -0.3 is 20.2 Å². The minimum Gasteiger partial charge on any atom is -0.455 e. The molecule has 0 saturated carbocycles. The molecule has 0 aliphatic carbocycles. The second kappa shape index (κ2) is 11.5. The number of anilines is 1. The van der Waals surface area contributed by atoms with E-state index in [1.807, 2.05) is 22.6 Å². The molecule has 0 aliphatic heterocycles. The third-order valence-corrected chi connectivity index (χ3v) is 5.44. The summed E-state index contributed by atoms with van der Waals surface area (Å²) in [5.41, 5.74) is -1.10. The number of hydrogen-bond donors (Lipinski definition) is 2. The molecule has 2 N–H and O–H groups in total. The van der Waals surface area contributed by atoms with E-state index in [1.165, 1.54) is 32.4 Å². The molecule has 1 aromatic heterocycles. The average Bonchev–Trinajstić information content (AvgIpc) is 2.75. The van der Waals surface area contributed by atoms with Crippen molar-refractivity contribution in [2.24, 2.45) is 5.16 Å². The van der Waals surface area contributed by atoms with Gasteiger partial charge in [-0.25, -0.2) is 4.98 Å². The number of carbonyl (C=O) groups excluding carboxylic acids is 2. The number of oxime groups is 1. The van der Waals surface area contributed by atoms with E-state index in [-0.39, 0.29) is 22.5 Å². The van der Waals surface area contributed by atoms with Gasteiger partial charge in [-0.1, -0.05) is 11.2 Å². The number of pyridine rings is 1. The van der Waals surface area contributed by atoms with Crippen molar-refractivity contribution >= 4 is 46.3 Å². The van der Waals surface area contributed by atoms with Crippen molar-refractivity contribution in [3.63, 3.8) is 0 Å². The van der Waals surface area contributed by atoms with Crippen molar-refractivity contribution in [2.45, 2.75) is 44.8 Å². The fourth-order valence-electron chi connectivity index (χ4n) is 2.88. The second-order valence-electron chi connectivity index (χ2n) is 8.07. The van der Waals surface area contributed by atoms with Crippen molar-refractivity contribution in [1.82, 2.24) is 10.3 Å². The molecular formula is C22H21F6IN4O4. The molecule has 0 aliphatic rings. The average molecular weight is 646 g/mol. The number of ether oxygens (including phenoxy) is 1. The van der Waals surface area contributed by atoms with Crippen LogP contribution < -0.4 is 15.4 Å². The molecule has 0 unspecified atom stereocenters. The molecule has 2 aromatic rings. The lowest BCUT2D eigenvalue weighted by Crippen LogP contribution is -2.46. The van der Waals surface area contributed by atoms with Crippen molar-refractivity contribution in [1.29, 1.82) is 0 Å². The maximum atomic E-state index is 13.0. The monoisotopic (exact) mass is 646 g/mol. The van der Waals surface area contributed by atoms with Gasteiger partial charge in [0.2, 0.25) is 5.88 Å². The Morgan fingerprint density at radius 1 is 1.05 bits per heavy atom. The van der Waals surface area contributed by atoms with Crippen molar-refractivity contribution in [2.75, 3.05) is 12.4 Å². The van der Waals surface area contributed by atoms with Crippen LogP contribution in [0.3, 0.4) is 0 Å². The lowest BCUT2D eigenvalue weighted by molar-refractivity contribution is -0.300. The molecule has 8 nitrogen and oxygen atoms in total. The first-order chi connectivity index (χ1) is 17.0. The zero-order valence-corrected chi connectivity index (χ0v) is 21.9. The summed E-state index contributed by atoms with van der Waals surface area (Å²) >= 11 is 1.87. The zero-order valence-electron chi connectivity index (χ0n) is 19.7. The van der Waals surface area contributed by atoms with Gasteiger partial charge in [-0.3, -0.25) is 9.59 Å². The predicted octanol–water partition coefficient (Wildman–Crippen LogP) is 5.26. The SMILES string of the molecule is CON=CC(C)(C)NC(=O)c1c(I)cccc1C(=O)Nc1ccc(OC(C(F)(F)F)C(F)(F)F)nc1C. The summed E-state index contributed by atoms with van der Waals surface area (Å²) in [5, 5.41) is 8.78. The summed E-state index contributed by atoms with van der Waals surface area (Å²) in [6.07, 6.45) is -14.2. The van der Waals surface area contributed by atoms with E-state index in [9.17, 15) is 35.9 Å².